The highest BCUT2D eigenvalue weighted by atomic mass is 19.1. The number of halogens is 1. The van der Waals surface area contributed by atoms with Crippen LogP contribution < -0.4 is 5.32 Å². The van der Waals surface area contributed by atoms with Crippen LogP contribution in [0.15, 0.2) is 36.7 Å². The van der Waals surface area contributed by atoms with Crippen LogP contribution in [0.2, 0.25) is 0 Å². The molecule has 0 aliphatic carbocycles. The number of aromatic nitrogens is 4. The molecule has 0 unspecified atom stereocenters. The third-order valence-corrected chi connectivity index (χ3v) is 5.59. The molecule has 4 aromatic rings. The van der Waals surface area contributed by atoms with Crippen molar-refractivity contribution in [2.24, 2.45) is 0 Å². The maximum Gasteiger partial charge on any atom is 0.156 e. The summed E-state index contributed by atoms with van der Waals surface area (Å²) in [6.45, 7) is 5.92. The predicted molar refractivity (Wildman–Crippen MR) is 108 cm³/mol. The lowest BCUT2D eigenvalue weighted by Crippen LogP contribution is -2.27. The molecule has 3 aromatic heterocycles. The summed E-state index contributed by atoms with van der Waals surface area (Å²) in [5, 5.41) is 9.42. The smallest absolute Gasteiger partial charge is 0.156 e. The molecule has 1 aliphatic heterocycles. The average Bonchev–Trinajstić information content (AvgIpc) is 3.09. The molecule has 1 saturated heterocycles. The highest BCUT2D eigenvalue weighted by Gasteiger charge is 2.18. The van der Waals surface area contributed by atoms with Gasteiger partial charge >= 0.3 is 0 Å². The standard InChI is InChI=1S/C22H22FN5/c1-13-7-21(27-28-12-14(2)26-22(13)28)16-8-17-11-25-20(10-18(17)19(23)9-16)15-3-5-24-6-4-15/h7-12,15,24H,3-6H2,1-2H3. The Kier molecular flexibility index (Phi) is 4.09. The average molecular weight is 375 g/mol. The number of nitrogens with one attached hydrogen (secondary N) is 1. The first-order chi connectivity index (χ1) is 13.6. The van der Waals surface area contributed by atoms with Crippen LogP contribution in [-0.4, -0.2) is 32.7 Å². The van der Waals surface area contributed by atoms with Gasteiger partial charge in [0.05, 0.1) is 17.6 Å². The molecule has 0 amide bonds. The van der Waals surface area contributed by atoms with E-state index in [0.29, 0.717) is 11.3 Å². The van der Waals surface area contributed by atoms with E-state index in [9.17, 15) is 0 Å². The molecule has 28 heavy (non-hydrogen) atoms. The molecule has 6 heteroatoms. The quantitative estimate of drug-likeness (QED) is 0.571. The number of rotatable bonds is 2. The second kappa shape index (κ2) is 6.63. The molecule has 0 bridgehead atoms. The van der Waals surface area contributed by atoms with E-state index < -0.39 is 0 Å². The molecule has 5 rings (SSSR count). The zero-order valence-corrected chi connectivity index (χ0v) is 16.0. The van der Waals surface area contributed by atoms with Crippen LogP contribution in [0.4, 0.5) is 4.39 Å². The normalized spacial score (nSPS) is 15.5. The van der Waals surface area contributed by atoms with Crippen molar-refractivity contribution in [3.63, 3.8) is 0 Å². The number of imidazole rings is 1. The summed E-state index contributed by atoms with van der Waals surface area (Å²) in [7, 11) is 0. The topological polar surface area (TPSA) is 55.1 Å². The van der Waals surface area contributed by atoms with Crippen LogP contribution in [0.1, 0.15) is 35.7 Å². The van der Waals surface area contributed by atoms with Crippen molar-refractivity contribution >= 4 is 16.4 Å². The van der Waals surface area contributed by atoms with Gasteiger partial charge in [-0.1, -0.05) is 0 Å². The van der Waals surface area contributed by atoms with Gasteiger partial charge in [0.15, 0.2) is 5.65 Å². The number of hydrogen-bond acceptors (Lipinski definition) is 4. The Morgan fingerprint density at radius 3 is 2.75 bits per heavy atom. The molecule has 0 atom stereocenters. The van der Waals surface area contributed by atoms with Crippen LogP contribution in [0, 0.1) is 19.7 Å². The summed E-state index contributed by atoms with van der Waals surface area (Å²) < 4.78 is 16.8. The Balaban J connectivity index is 1.59. The maximum atomic E-state index is 15.0. The first-order valence-corrected chi connectivity index (χ1v) is 9.72. The fourth-order valence-corrected chi connectivity index (χ4v) is 4.10. The van der Waals surface area contributed by atoms with E-state index in [4.69, 9.17) is 0 Å². The van der Waals surface area contributed by atoms with Gasteiger partial charge in [-0.2, -0.15) is 5.10 Å². The lowest BCUT2D eigenvalue weighted by molar-refractivity contribution is 0.453. The third-order valence-electron chi connectivity index (χ3n) is 5.59. The SMILES string of the molecule is Cc1cn2nc(-c3cc(F)c4cc(C5CCNCC5)ncc4c3)cc(C)c2n1. The van der Waals surface area contributed by atoms with Gasteiger partial charge in [0.2, 0.25) is 0 Å². The largest absolute Gasteiger partial charge is 0.317 e. The second-order valence-electron chi connectivity index (χ2n) is 7.68. The lowest BCUT2D eigenvalue weighted by Gasteiger charge is -2.22. The summed E-state index contributed by atoms with van der Waals surface area (Å²) in [5.74, 6) is 0.173. The van der Waals surface area contributed by atoms with Crippen LogP contribution in [0.3, 0.4) is 0 Å². The van der Waals surface area contributed by atoms with Crippen LogP contribution in [0.5, 0.6) is 0 Å². The van der Waals surface area contributed by atoms with Gasteiger partial charge in [0.1, 0.15) is 5.82 Å². The molecule has 0 radical (unpaired) electrons. The molecule has 5 nitrogen and oxygen atoms in total. The molecule has 4 heterocycles. The molecular formula is C22H22FN5. The van der Waals surface area contributed by atoms with E-state index in [2.05, 4.69) is 20.4 Å². The summed E-state index contributed by atoms with van der Waals surface area (Å²) in [4.78, 5) is 9.13. The van der Waals surface area contributed by atoms with E-state index in [1.54, 1.807) is 16.8 Å². The fourth-order valence-electron chi connectivity index (χ4n) is 4.10. The van der Waals surface area contributed by atoms with E-state index in [1.165, 1.54) is 0 Å². The van der Waals surface area contributed by atoms with Gasteiger partial charge in [-0.05, 0) is 69.6 Å². The molecular weight excluding hydrogens is 353 g/mol. The first-order valence-electron chi connectivity index (χ1n) is 9.72. The monoisotopic (exact) mass is 375 g/mol. The Hall–Kier alpha value is -2.86. The van der Waals surface area contributed by atoms with Gasteiger partial charge in [0, 0.05) is 34.1 Å². The minimum absolute atomic E-state index is 0.230. The Morgan fingerprint density at radius 1 is 1.11 bits per heavy atom. The van der Waals surface area contributed by atoms with Crippen molar-refractivity contribution in [3.05, 3.63) is 59.4 Å². The summed E-state index contributed by atoms with van der Waals surface area (Å²) in [5.41, 5.74) is 5.22. The van der Waals surface area contributed by atoms with Crippen molar-refractivity contribution in [2.75, 3.05) is 13.1 Å². The van der Waals surface area contributed by atoms with Gasteiger partial charge in [-0.25, -0.2) is 13.9 Å². The van der Waals surface area contributed by atoms with Crippen LogP contribution >= 0.6 is 0 Å². The van der Waals surface area contributed by atoms with E-state index in [0.717, 1.165) is 65.2 Å². The number of nitrogens with zero attached hydrogens (tertiary/aromatic N) is 4. The Labute approximate surface area is 162 Å². The molecule has 142 valence electrons. The molecule has 1 aromatic carbocycles. The predicted octanol–water partition coefficient (Wildman–Crippen LogP) is 4.17. The molecule has 1 fully saturated rings. The zero-order valence-electron chi connectivity index (χ0n) is 16.0. The van der Waals surface area contributed by atoms with Gasteiger partial charge < -0.3 is 5.32 Å². The van der Waals surface area contributed by atoms with Crippen molar-refractivity contribution in [1.29, 1.82) is 0 Å². The highest BCUT2D eigenvalue weighted by Crippen LogP contribution is 2.30. The molecule has 1 aliphatic rings. The number of hydrogen-bond donors (Lipinski definition) is 1. The second-order valence-corrected chi connectivity index (χ2v) is 7.68. The lowest BCUT2D eigenvalue weighted by atomic mass is 9.93. The zero-order chi connectivity index (χ0) is 19.3. The third kappa shape index (κ3) is 2.94. The summed E-state index contributed by atoms with van der Waals surface area (Å²) in [6.07, 6.45) is 5.78. The van der Waals surface area contributed by atoms with E-state index >= 15 is 4.39 Å². The van der Waals surface area contributed by atoms with E-state index in [-0.39, 0.29) is 5.82 Å². The van der Waals surface area contributed by atoms with Crippen molar-refractivity contribution in [2.45, 2.75) is 32.6 Å². The number of pyridine rings is 1. The summed E-state index contributed by atoms with van der Waals surface area (Å²) in [6, 6.07) is 7.42. The summed E-state index contributed by atoms with van der Waals surface area (Å²) >= 11 is 0. The van der Waals surface area contributed by atoms with Gasteiger partial charge in [-0.3, -0.25) is 4.98 Å². The van der Waals surface area contributed by atoms with Crippen molar-refractivity contribution in [3.8, 4) is 11.3 Å². The van der Waals surface area contributed by atoms with Crippen LogP contribution in [-0.2, 0) is 0 Å². The minimum Gasteiger partial charge on any atom is -0.317 e. The van der Waals surface area contributed by atoms with E-state index in [1.807, 2.05) is 38.2 Å². The van der Waals surface area contributed by atoms with Crippen molar-refractivity contribution < 1.29 is 4.39 Å². The van der Waals surface area contributed by atoms with Gasteiger partial charge in [0.25, 0.3) is 0 Å². The van der Waals surface area contributed by atoms with Crippen LogP contribution in [0.25, 0.3) is 27.7 Å². The first kappa shape index (κ1) is 17.3. The van der Waals surface area contributed by atoms with Crippen molar-refractivity contribution in [1.82, 2.24) is 24.9 Å². The fraction of sp³-hybridized carbons (Fsp3) is 0.318. The molecule has 1 N–H and O–H groups in total. The van der Waals surface area contributed by atoms with Gasteiger partial charge in [-0.15, -0.1) is 0 Å². The molecule has 0 saturated carbocycles. The maximum absolute atomic E-state index is 15.0. The highest BCUT2D eigenvalue weighted by molar-refractivity contribution is 5.87. The number of piperidine rings is 1. The Bertz CT molecular complexity index is 1190. The number of aryl methyl sites for hydroxylation is 2. The molecule has 0 spiro atoms. The Morgan fingerprint density at radius 2 is 1.93 bits per heavy atom. The number of benzene rings is 1. The minimum atomic E-state index is -0.230. The number of fused-ring (bicyclic) bond motifs is 2.